The van der Waals surface area contributed by atoms with Gasteiger partial charge in [-0.25, -0.2) is 9.18 Å². The summed E-state index contributed by atoms with van der Waals surface area (Å²) < 4.78 is 19.2. The van der Waals surface area contributed by atoms with Crippen molar-refractivity contribution < 1.29 is 23.8 Å². The molecule has 0 aliphatic rings. The predicted molar refractivity (Wildman–Crippen MR) is 126 cm³/mol. The number of carboxylic acid groups (broad SMARTS) is 1. The molecule has 0 aromatic heterocycles. The van der Waals surface area contributed by atoms with E-state index in [9.17, 15) is 14.0 Å². The van der Waals surface area contributed by atoms with E-state index in [0.29, 0.717) is 23.6 Å². The Morgan fingerprint density at radius 1 is 0.735 bits per heavy atom. The first-order chi connectivity index (χ1) is 16.5. The average molecular weight is 455 g/mol. The summed E-state index contributed by atoms with van der Waals surface area (Å²) in [6.45, 7) is 0.629. The normalized spacial score (nSPS) is 10.5. The smallest absolute Gasteiger partial charge is 0.335 e. The molecule has 0 bridgehead atoms. The van der Waals surface area contributed by atoms with Crippen LogP contribution in [0.2, 0.25) is 0 Å². The van der Waals surface area contributed by atoms with Crippen LogP contribution in [0.3, 0.4) is 0 Å². The van der Waals surface area contributed by atoms with Gasteiger partial charge in [-0.1, -0.05) is 54.6 Å². The molecule has 0 radical (unpaired) electrons. The third-order valence-corrected chi connectivity index (χ3v) is 5.24. The Morgan fingerprint density at radius 2 is 1.32 bits per heavy atom. The zero-order valence-electron chi connectivity index (χ0n) is 18.2. The van der Waals surface area contributed by atoms with Gasteiger partial charge in [-0.05, 0) is 59.7 Å². The maximum Gasteiger partial charge on any atom is 0.335 e. The number of hydrogen-bond donors (Lipinski definition) is 1. The van der Waals surface area contributed by atoms with Crippen LogP contribution < -0.4 is 4.74 Å². The number of ether oxygens (including phenoxy) is 1. The van der Waals surface area contributed by atoms with Crippen molar-refractivity contribution in [3.8, 4) is 11.5 Å². The molecule has 1 N–H and O–H groups in total. The second-order valence-electron chi connectivity index (χ2n) is 7.70. The summed E-state index contributed by atoms with van der Waals surface area (Å²) in [7, 11) is 0. The molecular formula is C28H22FNO4. The fourth-order valence-corrected chi connectivity index (χ4v) is 3.51. The SMILES string of the molecule is O=C(O)c1ccc(CN(Cc2ccccc2)C(=O)c2ccccc2Oc2ccc(F)cc2)cc1. The second-order valence-corrected chi connectivity index (χ2v) is 7.70. The maximum absolute atomic E-state index is 13.7. The van der Waals surface area contributed by atoms with Crippen LogP contribution >= 0.6 is 0 Å². The molecule has 4 aromatic carbocycles. The van der Waals surface area contributed by atoms with Gasteiger partial charge in [0.2, 0.25) is 0 Å². The van der Waals surface area contributed by atoms with Gasteiger partial charge < -0.3 is 14.7 Å². The topological polar surface area (TPSA) is 66.8 Å². The monoisotopic (exact) mass is 455 g/mol. The van der Waals surface area contributed by atoms with E-state index in [1.807, 2.05) is 30.3 Å². The van der Waals surface area contributed by atoms with E-state index in [-0.39, 0.29) is 23.8 Å². The molecule has 4 aromatic rings. The van der Waals surface area contributed by atoms with Gasteiger partial charge in [0.15, 0.2) is 0 Å². The molecule has 1 amide bonds. The molecule has 34 heavy (non-hydrogen) atoms. The van der Waals surface area contributed by atoms with Gasteiger partial charge in [-0.2, -0.15) is 0 Å². The van der Waals surface area contributed by atoms with E-state index in [1.165, 1.54) is 36.4 Å². The van der Waals surface area contributed by atoms with Crippen molar-refractivity contribution in [3.63, 3.8) is 0 Å². The standard InChI is InChI=1S/C28H22FNO4/c29-23-14-16-24(17-15-23)34-26-9-5-4-8-25(26)27(31)30(18-20-6-2-1-3-7-20)19-21-10-12-22(13-11-21)28(32)33/h1-17H,18-19H2,(H,32,33). The van der Waals surface area contributed by atoms with Crippen LogP contribution in [0.15, 0.2) is 103 Å². The Kier molecular flexibility index (Phi) is 6.98. The highest BCUT2D eigenvalue weighted by Crippen LogP contribution is 2.27. The number of carbonyl (C=O) groups excluding carboxylic acids is 1. The molecule has 0 saturated carbocycles. The first-order valence-electron chi connectivity index (χ1n) is 10.7. The fourth-order valence-electron chi connectivity index (χ4n) is 3.51. The number of rotatable bonds is 8. The summed E-state index contributed by atoms with van der Waals surface area (Å²) in [6, 6.07) is 28.6. The average Bonchev–Trinajstić information content (AvgIpc) is 2.86. The molecule has 0 saturated heterocycles. The molecule has 6 heteroatoms. The Hall–Kier alpha value is -4.45. The lowest BCUT2D eigenvalue weighted by atomic mass is 10.1. The predicted octanol–water partition coefficient (Wildman–Crippen LogP) is 6.16. The number of carbonyl (C=O) groups is 2. The van der Waals surface area contributed by atoms with Crippen LogP contribution in [-0.4, -0.2) is 21.9 Å². The Morgan fingerprint density at radius 3 is 1.97 bits per heavy atom. The lowest BCUT2D eigenvalue weighted by molar-refractivity contribution is 0.0693. The van der Waals surface area contributed by atoms with Crippen LogP contribution in [0, 0.1) is 5.82 Å². The van der Waals surface area contributed by atoms with Crippen molar-refractivity contribution in [1.29, 1.82) is 0 Å². The summed E-state index contributed by atoms with van der Waals surface area (Å²) in [4.78, 5) is 26.5. The molecule has 0 unspecified atom stereocenters. The fraction of sp³-hybridized carbons (Fsp3) is 0.0714. The molecule has 5 nitrogen and oxygen atoms in total. The quantitative estimate of drug-likeness (QED) is 0.346. The lowest BCUT2D eigenvalue weighted by Crippen LogP contribution is -2.30. The highest BCUT2D eigenvalue weighted by atomic mass is 19.1. The van der Waals surface area contributed by atoms with Gasteiger partial charge in [-0.15, -0.1) is 0 Å². The minimum atomic E-state index is -1.00. The number of amides is 1. The number of halogens is 1. The summed E-state index contributed by atoms with van der Waals surface area (Å²) in [6.07, 6.45) is 0. The molecule has 170 valence electrons. The van der Waals surface area contributed by atoms with Crippen molar-refractivity contribution in [3.05, 3.63) is 131 Å². The van der Waals surface area contributed by atoms with Crippen LogP contribution in [0.4, 0.5) is 4.39 Å². The van der Waals surface area contributed by atoms with E-state index in [4.69, 9.17) is 9.84 Å². The van der Waals surface area contributed by atoms with Gasteiger partial charge in [0.25, 0.3) is 5.91 Å². The zero-order chi connectivity index (χ0) is 23.9. The third kappa shape index (κ3) is 5.66. The number of hydrogen-bond acceptors (Lipinski definition) is 3. The Balaban J connectivity index is 1.63. The van der Waals surface area contributed by atoms with E-state index < -0.39 is 5.97 Å². The van der Waals surface area contributed by atoms with E-state index in [1.54, 1.807) is 41.3 Å². The molecule has 4 rings (SSSR count). The minimum absolute atomic E-state index is 0.183. The van der Waals surface area contributed by atoms with Crippen molar-refractivity contribution in [2.24, 2.45) is 0 Å². The molecule has 0 atom stereocenters. The van der Waals surface area contributed by atoms with Gasteiger partial charge in [0, 0.05) is 13.1 Å². The van der Waals surface area contributed by atoms with Gasteiger partial charge in [0.1, 0.15) is 17.3 Å². The number of nitrogens with zero attached hydrogens (tertiary/aromatic N) is 1. The summed E-state index contributed by atoms with van der Waals surface area (Å²) in [5.41, 5.74) is 2.30. The van der Waals surface area contributed by atoms with Crippen LogP contribution in [0.25, 0.3) is 0 Å². The highest BCUT2D eigenvalue weighted by Gasteiger charge is 2.21. The summed E-state index contributed by atoms with van der Waals surface area (Å²) in [5.74, 6) is -0.849. The van der Waals surface area contributed by atoms with Crippen LogP contribution in [0.5, 0.6) is 11.5 Å². The lowest BCUT2D eigenvalue weighted by Gasteiger charge is -2.24. The van der Waals surface area contributed by atoms with Crippen molar-refractivity contribution in [1.82, 2.24) is 4.90 Å². The molecular weight excluding hydrogens is 433 g/mol. The number of aromatic carboxylic acids is 1. The Bertz CT molecular complexity index is 1270. The van der Waals surface area contributed by atoms with Gasteiger partial charge in [-0.3, -0.25) is 4.79 Å². The molecule has 0 aliphatic carbocycles. The first-order valence-corrected chi connectivity index (χ1v) is 10.7. The van der Waals surface area contributed by atoms with Crippen molar-refractivity contribution in [2.75, 3.05) is 0 Å². The van der Waals surface area contributed by atoms with Crippen molar-refractivity contribution in [2.45, 2.75) is 13.1 Å². The molecule has 0 spiro atoms. The molecule has 0 fully saturated rings. The number of para-hydroxylation sites is 1. The van der Waals surface area contributed by atoms with Crippen LogP contribution in [0.1, 0.15) is 31.8 Å². The van der Waals surface area contributed by atoms with E-state index in [0.717, 1.165) is 11.1 Å². The highest BCUT2D eigenvalue weighted by molar-refractivity contribution is 5.97. The second kappa shape index (κ2) is 10.4. The minimum Gasteiger partial charge on any atom is -0.478 e. The number of benzene rings is 4. The number of carboxylic acids is 1. The van der Waals surface area contributed by atoms with Crippen molar-refractivity contribution >= 4 is 11.9 Å². The third-order valence-electron chi connectivity index (χ3n) is 5.24. The van der Waals surface area contributed by atoms with Gasteiger partial charge in [0.05, 0.1) is 11.1 Å². The van der Waals surface area contributed by atoms with E-state index >= 15 is 0 Å². The zero-order valence-corrected chi connectivity index (χ0v) is 18.2. The molecule has 0 heterocycles. The molecule has 0 aliphatic heterocycles. The Labute approximate surface area is 196 Å². The first kappa shape index (κ1) is 22.7. The van der Waals surface area contributed by atoms with Crippen LogP contribution in [-0.2, 0) is 13.1 Å². The summed E-state index contributed by atoms with van der Waals surface area (Å²) in [5, 5.41) is 9.16. The van der Waals surface area contributed by atoms with Gasteiger partial charge >= 0.3 is 5.97 Å². The largest absolute Gasteiger partial charge is 0.478 e. The van der Waals surface area contributed by atoms with E-state index in [2.05, 4.69) is 0 Å². The maximum atomic E-state index is 13.7. The summed E-state index contributed by atoms with van der Waals surface area (Å²) >= 11 is 0.